The highest BCUT2D eigenvalue weighted by Crippen LogP contribution is 2.29. The number of aliphatic hydroxyl groups excluding tert-OH is 2. The number of hydrogen-bond acceptors (Lipinski definition) is 14. The summed E-state index contributed by atoms with van der Waals surface area (Å²) in [7, 11) is 0. The molecule has 6 atom stereocenters. The molecule has 19 nitrogen and oxygen atoms in total. The van der Waals surface area contributed by atoms with Crippen molar-refractivity contribution < 1.29 is 72.7 Å². The van der Waals surface area contributed by atoms with Crippen molar-refractivity contribution >= 4 is 47.8 Å². The summed E-state index contributed by atoms with van der Waals surface area (Å²) in [5.41, 5.74) is 6.15. The zero-order valence-electron chi connectivity index (χ0n) is 27.6. The summed E-state index contributed by atoms with van der Waals surface area (Å²) in [5.74, 6) is -3.64. The van der Waals surface area contributed by atoms with E-state index in [0.717, 1.165) is 5.56 Å². The number of carbonyl (C=O) groups excluding carboxylic acids is 4. The highest BCUT2D eigenvalue weighted by atomic mass is 32.2. The maximum atomic E-state index is 13.1. The van der Waals surface area contributed by atoms with Gasteiger partial charge in [-0.05, 0) is 49.4 Å². The number of rotatable bonds is 21. The molecule has 3 unspecified atom stereocenters. The number of benzene rings is 1. The van der Waals surface area contributed by atoms with Crippen LogP contribution in [0.5, 0.6) is 5.75 Å². The molecule has 20 heteroatoms. The summed E-state index contributed by atoms with van der Waals surface area (Å²) in [5, 5.41) is 43.9. The first kappa shape index (κ1) is 41.2. The zero-order valence-corrected chi connectivity index (χ0v) is 28.5. The minimum absolute atomic E-state index is 0.0623. The average molecular weight is 745 g/mol. The molecular weight excluding hydrogens is 700 g/mol. The van der Waals surface area contributed by atoms with Crippen molar-refractivity contribution in [1.29, 1.82) is 0 Å². The molecule has 2 aliphatic heterocycles. The number of aliphatic hydroxyl groups is 2. The Hall–Kier alpha value is -4.21. The number of likely N-dealkylation sites (tertiary alicyclic amines) is 1. The number of aryl methyl sites for hydroxylation is 1. The standard InChI is InChI=1S/C31H44N4O15S/c32-31(45)48-15-18-5-4-17(11-22(18)49-30-27(41)21(36)13-23(50-30)29(43)44)3-1-2-8-33-25(38)14-35-19(16-47-9-10-51-46)12-20(28(35)42)34-24(37)6-7-26(39)40/h4-5,11,19-21,23,27,30,36,41,46H,1-3,6-10,12-16H2,(H2,32,45)(H,33,38)(H,34,37)(H,39,40)(H,43,44)/t19-,20-,21?,23?,27+,30?/m0/s1. The predicted octanol–water partition coefficient (Wildman–Crippen LogP) is -0.806. The Balaban J connectivity index is 1.54. The summed E-state index contributed by atoms with van der Waals surface area (Å²) in [6.07, 6.45) is -6.29. The fourth-order valence-corrected chi connectivity index (χ4v) is 5.61. The van der Waals surface area contributed by atoms with Crippen LogP contribution in [0, 0.1) is 0 Å². The molecule has 1 aromatic rings. The molecule has 1 aromatic carbocycles. The Labute approximate surface area is 296 Å². The van der Waals surface area contributed by atoms with Crippen molar-refractivity contribution in [2.45, 2.75) is 88.2 Å². The molecule has 2 heterocycles. The number of amides is 4. The second kappa shape index (κ2) is 20.6. The molecule has 284 valence electrons. The smallest absolute Gasteiger partial charge is 0.404 e. The van der Waals surface area contributed by atoms with Gasteiger partial charge in [-0.15, -0.1) is 0 Å². The van der Waals surface area contributed by atoms with E-state index in [1.54, 1.807) is 18.2 Å². The molecule has 51 heavy (non-hydrogen) atoms. The first-order valence-electron chi connectivity index (χ1n) is 16.2. The number of carbonyl (C=O) groups is 6. The van der Waals surface area contributed by atoms with E-state index >= 15 is 0 Å². The van der Waals surface area contributed by atoms with Gasteiger partial charge in [0.2, 0.25) is 24.0 Å². The molecule has 0 saturated carbocycles. The lowest BCUT2D eigenvalue weighted by atomic mass is 10.0. The number of nitrogens with one attached hydrogen (secondary N) is 2. The summed E-state index contributed by atoms with van der Waals surface area (Å²) in [6, 6.07) is 3.42. The van der Waals surface area contributed by atoms with Gasteiger partial charge < -0.3 is 65.2 Å². The van der Waals surface area contributed by atoms with Crippen molar-refractivity contribution in [2.75, 3.05) is 32.1 Å². The van der Waals surface area contributed by atoms with Crippen LogP contribution in [0.4, 0.5) is 4.79 Å². The maximum Gasteiger partial charge on any atom is 0.404 e. The van der Waals surface area contributed by atoms with Crippen LogP contribution in [0.3, 0.4) is 0 Å². The van der Waals surface area contributed by atoms with Gasteiger partial charge in [0, 0.05) is 30.7 Å². The third kappa shape index (κ3) is 13.5. The number of nitrogens with zero attached hydrogens (tertiary/aromatic N) is 1. The van der Waals surface area contributed by atoms with Crippen LogP contribution in [0.1, 0.15) is 49.7 Å². The van der Waals surface area contributed by atoms with E-state index in [4.69, 9.17) is 34.3 Å². The summed E-state index contributed by atoms with van der Waals surface area (Å²) >= 11 is 0.595. The van der Waals surface area contributed by atoms with Crippen molar-refractivity contribution in [2.24, 2.45) is 5.73 Å². The van der Waals surface area contributed by atoms with Gasteiger partial charge >= 0.3 is 18.0 Å². The quantitative estimate of drug-likeness (QED) is 0.0564. The third-order valence-corrected chi connectivity index (χ3v) is 8.38. The Bertz CT molecular complexity index is 1380. The number of aliphatic carboxylic acids is 2. The summed E-state index contributed by atoms with van der Waals surface area (Å²) in [4.78, 5) is 72.8. The Morgan fingerprint density at radius 2 is 1.82 bits per heavy atom. The van der Waals surface area contributed by atoms with Crippen LogP contribution in [-0.2, 0) is 51.2 Å². The van der Waals surface area contributed by atoms with Gasteiger partial charge in [0.1, 0.15) is 24.5 Å². The van der Waals surface area contributed by atoms with Crippen LogP contribution >= 0.6 is 12.0 Å². The minimum atomic E-state index is -1.56. The average Bonchev–Trinajstić information content (AvgIpc) is 3.35. The van der Waals surface area contributed by atoms with E-state index in [-0.39, 0.29) is 57.9 Å². The van der Waals surface area contributed by atoms with E-state index in [0.29, 0.717) is 42.6 Å². The SMILES string of the molecule is NC(=O)OCc1ccc(CCCCNC(=O)CN2C(=O)[C@@H](NC(=O)CCC(=O)O)C[C@H]2COCCSO)cc1OC1OC(C(=O)O)CC(O)[C@H]1O. The fourth-order valence-electron chi connectivity index (χ4n) is 5.41. The van der Waals surface area contributed by atoms with Crippen molar-refractivity contribution in [3.63, 3.8) is 0 Å². The van der Waals surface area contributed by atoms with Crippen LogP contribution in [0.25, 0.3) is 0 Å². The van der Waals surface area contributed by atoms with E-state index in [9.17, 15) is 44.1 Å². The van der Waals surface area contributed by atoms with Crippen molar-refractivity contribution in [3.8, 4) is 5.75 Å². The number of carboxylic acids is 2. The van der Waals surface area contributed by atoms with Crippen LogP contribution in [0.15, 0.2) is 18.2 Å². The number of carboxylic acid groups (broad SMARTS) is 2. The Kier molecular flexibility index (Phi) is 16.6. The molecule has 2 fully saturated rings. The van der Waals surface area contributed by atoms with Crippen LogP contribution in [0.2, 0.25) is 0 Å². The van der Waals surface area contributed by atoms with Crippen LogP contribution in [-0.4, -0.2) is 134 Å². The highest BCUT2D eigenvalue weighted by Gasteiger charge is 2.42. The molecule has 9 N–H and O–H groups in total. The lowest BCUT2D eigenvalue weighted by molar-refractivity contribution is -0.238. The topological polar surface area (TPSA) is 294 Å². The second-order valence-corrected chi connectivity index (χ2v) is 12.5. The molecular formula is C31H44N4O15S. The molecule has 0 radical (unpaired) electrons. The normalized spacial score (nSPS) is 23.0. The maximum absolute atomic E-state index is 13.1. The molecule has 4 amide bonds. The van der Waals surface area contributed by atoms with Gasteiger partial charge in [0.05, 0.1) is 38.3 Å². The van der Waals surface area contributed by atoms with E-state index < -0.39 is 78.9 Å². The van der Waals surface area contributed by atoms with Gasteiger partial charge in [-0.3, -0.25) is 19.2 Å². The molecule has 3 rings (SSSR count). The van der Waals surface area contributed by atoms with E-state index in [2.05, 4.69) is 10.6 Å². The number of ether oxygens (including phenoxy) is 4. The van der Waals surface area contributed by atoms with Crippen molar-refractivity contribution in [3.05, 3.63) is 29.3 Å². The third-order valence-electron chi connectivity index (χ3n) is 8.04. The summed E-state index contributed by atoms with van der Waals surface area (Å²) in [6.45, 7) is -0.0755. The largest absolute Gasteiger partial charge is 0.481 e. The van der Waals surface area contributed by atoms with Gasteiger partial charge in [-0.2, -0.15) is 0 Å². The fraction of sp³-hybridized carbons (Fsp3) is 0.613. The summed E-state index contributed by atoms with van der Waals surface area (Å²) < 4.78 is 30.4. The number of primary amides is 1. The number of unbranched alkanes of at least 4 members (excludes halogenated alkanes) is 1. The lowest BCUT2D eigenvalue weighted by Gasteiger charge is -2.35. The van der Waals surface area contributed by atoms with Gasteiger partial charge in [0.15, 0.2) is 6.10 Å². The molecule has 2 aliphatic rings. The second-order valence-electron chi connectivity index (χ2n) is 11.9. The van der Waals surface area contributed by atoms with Crippen molar-refractivity contribution in [1.82, 2.24) is 15.5 Å². The molecule has 0 aliphatic carbocycles. The van der Waals surface area contributed by atoms with Gasteiger partial charge in [-0.1, -0.05) is 12.1 Å². The number of nitrogens with two attached hydrogens (primary N) is 1. The van der Waals surface area contributed by atoms with E-state index in [1.807, 2.05) is 0 Å². The lowest BCUT2D eigenvalue weighted by Crippen LogP contribution is -2.52. The first-order valence-corrected chi connectivity index (χ1v) is 17.1. The first-order chi connectivity index (χ1) is 24.3. The molecule has 0 spiro atoms. The Morgan fingerprint density at radius 1 is 1.06 bits per heavy atom. The monoisotopic (exact) mass is 744 g/mol. The molecule has 0 bridgehead atoms. The van der Waals surface area contributed by atoms with E-state index in [1.165, 1.54) is 4.90 Å². The van der Waals surface area contributed by atoms with Gasteiger partial charge in [0.25, 0.3) is 0 Å². The zero-order chi connectivity index (χ0) is 37.5. The van der Waals surface area contributed by atoms with Gasteiger partial charge in [-0.25, -0.2) is 9.59 Å². The molecule has 0 aromatic heterocycles. The predicted molar refractivity (Wildman–Crippen MR) is 175 cm³/mol. The molecule has 2 saturated heterocycles. The highest BCUT2D eigenvalue weighted by molar-refractivity contribution is 7.93. The van der Waals surface area contributed by atoms with Crippen LogP contribution < -0.4 is 21.1 Å². The number of hydrogen-bond donors (Lipinski definition) is 8. The minimum Gasteiger partial charge on any atom is -0.481 e. The Morgan fingerprint density at radius 3 is 2.51 bits per heavy atom.